The van der Waals surface area contributed by atoms with Crippen LogP contribution < -0.4 is 0 Å². The minimum atomic E-state index is -0.779. The van der Waals surface area contributed by atoms with Gasteiger partial charge in [-0.25, -0.2) is 4.98 Å². The Bertz CT molecular complexity index is 644. The number of nitrogens with zero attached hydrogens (tertiary/aromatic N) is 2. The van der Waals surface area contributed by atoms with Crippen LogP contribution in [0.1, 0.15) is 17.9 Å². The van der Waals surface area contributed by atoms with Gasteiger partial charge in [-0.3, -0.25) is 4.79 Å². The van der Waals surface area contributed by atoms with Crippen LogP contribution in [0.2, 0.25) is 5.15 Å². The molecule has 2 aromatic rings. The molecule has 0 radical (unpaired) electrons. The second kappa shape index (κ2) is 4.42. The molecule has 2 aromatic heterocycles. The van der Waals surface area contributed by atoms with Crippen molar-refractivity contribution in [3.8, 4) is 11.6 Å². The topological polar surface area (TPSA) is 68.3 Å². The van der Waals surface area contributed by atoms with Crippen LogP contribution in [0.3, 0.4) is 0 Å². The third-order valence-corrected chi connectivity index (χ3v) is 3.78. The van der Waals surface area contributed by atoms with Gasteiger partial charge in [0.15, 0.2) is 16.7 Å². The van der Waals surface area contributed by atoms with Crippen LogP contribution in [0, 0.1) is 12.8 Å². The Kier molecular flexibility index (Phi) is 2.86. The van der Waals surface area contributed by atoms with E-state index in [-0.39, 0.29) is 5.92 Å². The largest absolute Gasteiger partial charge is 0.481 e. The second-order valence-corrected chi connectivity index (χ2v) is 5.12. The first-order chi connectivity index (χ1) is 9.06. The van der Waals surface area contributed by atoms with Crippen molar-refractivity contribution in [1.82, 2.24) is 9.55 Å². The second-order valence-electron chi connectivity index (χ2n) is 4.76. The van der Waals surface area contributed by atoms with E-state index in [9.17, 15) is 4.79 Å². The predicted molar refractivity (Wildman–Crippen MR) is 69.1 cm³/mol. The van der Waals surface area contributed by atoms with Gasteiger partial charge in [0.25, 0.3) is 0 Å². The third kappa shape index (κ3) is 2.04. The molecule has 1 aliphatic heterocycles. The third-order valence-electron chi connectivity index (χ3n) is 3.47. The SMILES string of the molecule is Cc1ccc(-c2nc(Cl)c3n2CCC(C(=O)O)C3)o1. The Labute approximate surface area is 114 Å². The zero-order chi connectivity index (χ0) is 13.6. The van der Waals surface area contributed by atoms with Crippen LogP contribution in [0.5, 0.6) is 0 Å². The van der Waals surface area contributed by atoms with E-state index in [0.717, 1.165) is 11.5 Å². The van der Waals surface area contributed by atoms with Crippen LogP contribution in [0.25, 0.3) is 11.6 Å². The molecule has 0 saturated heterocycles. The molecule has 0 spiro atoms. The lowest BCUT2D eigenvalue weighted by atomic mass is 9.96. The van der Waals surface area contributed by atoms with Crippen molar-refractivity contribution in [2.24, 2.45) is 5.92 Å². The summed E-state index contributed by atoms with van der Waals surface area (Å²) in [6.45, 7) is 2.47. The van der Waals surface area contributed by atoms with Gasteiger partial charge in [0.1, 0.15) is 5.76 Å². The van der Waals surface area contributed by atoms with E-state index < -0.39 is 5.97 Å². The number of hydrogen-bond acceptors (Lipinski definition) is 3. The minimum absolute atomic E-state index is 0.370. The number of hydrogen-bond donors (Lipinski definition) is 1. The fourth-order valence-corrected chi connectivity index (χ4v) is 2.73. The highest BCUT2D eigenvalue weighted by atomic mass is 35.5. The molecule has 100 valence electrons. The van der Waals surface area contributed by atoms with Gasteiger partial charge in [0.05, 0.1) is 11.6 Å². The van der Waals surface area contributed by atoms with Crippen molar-refractivity contribution in [3.63, 3.8) is 0 Å². The summed E-state index contributed by atoms with van der Waals surface area (Å²) < 4.78 is 7.52. The fraction of sp³-hybridized carbons (Fsp3) is 0.385. The Morgan fingerprint density at radius 2 is 2.37 bits per heavy atom. The van der Waals surface area contributed by atoms with Gasteiger partial charge < -0.3 is 14.1 Å². The number of halogens is 1. The first kappa shape index (κ1) is 12.3. The number of furan rings is 1. The van der Waals surface area contributed by atoms with Crippen molar-refractivity contribution in [3.05, 3.63) is 28.7 Å². The Morgan fingerprint density at radius 3 is 3.00 bits per heavy atom. The quantitative estimate of drug-likeness (QED) is 0.918. The summed E-state index contributed by atoms with van der Waals surface area (Å²) >= 11 is 6.12. The molecule has 1 N–H and O–H groups in total. The predicted octanol–water partition coefficient (Wildman–Crippen LogP) is 2.75. The van der Waals surface area contributed by atoms with Gasteiger partial charge in [-0.2, -0.15) is 0 Å². The van der Waals surface area contributed by atoms with Crippen LogP contribution in [-0.2, 0) is 17.8 Å². The molecule has 0 aliphatic carbocycles. The van der Waals surface area contributed by atoms with Crippen molar-refractivity contribution in [2.75, 3.05) is 0 Å². The molecule has 3 heterocycles. The number of carboxylic acids is 1. The highest BCUT2D eigenvalue weighted by molar-refractivity contribution is 6.30. The molecule has 6 heteroatoms. The van der Waals surface area contributed by atoms with Gasteiger partial charge >= 0.3 is 5.97 Å². The number of fused-ring (bicyclic) bond motifs is 1. The first-order valence-electron chi connectivity index (χ1n) is 6.11. The van der Waals surface area contributed by atoms with Crippen molar-refractivity contribution < 1.29 is 14.3 Å². The lowest BCUT2D eigenvalue weighted by Gasteiger charge is -2.21. The van der Waals surface area contributed by atoms with Gasteiger partial charge in [-0.05, 0) is 25.5 Å². The molecule has 5 nitrogen and oxygen atoms in total. The number of carbonyl (C=O) groups is 1. The van der Waals surface area contributed by atoms with Gasteiger partial charge in [-0.15, -0.1) is 0 Å². The van der Waals surface area contributed by atoms with Crippen LogP contribution in [0.4, 0.5) is 0 Å². The number of carboxylic acid groups (broad SMARTS) is 1. The molecule has 3 rings (SSSR count). The van der Waals surface area contributed by atoms with E-state index in [1.54, 1.807) is 0 Å². The maximum atomic E-state index is 11.1. The average molecular weight is 281 g/mol. The summed E-state index contributed by atoms with van der Waals surface area (Å²) in [6, 6.07) is 3.72. The van der Waals surface area contributed by atoms with Gasteiger partial charge in [-0.1, -0.05) is 11.6 Å². The molecule has 0 saturated carbocycles. The van der Waals surface area contributed by atoms with Crippen molar-refractivity contribution >= 4 is 17.6 Å². The summed E-state index contributed by atoms with van der Waals surface area (Å²) in [5, 5.41) is 9.46. The van der Waals surface area contributed by atoms with E-state index in [2.05, 4.69) is 4.98 Å². The normalized spacial score (nSPS) is 18.3. The maximum absolute atomic E-state index is 11.1. The van der Waals surface area contributed by atoms with E-state index in [4.69, 9.17) is 21.1 Å². The lowest BCUT2D eigenvalue weighted by Crippen LogP contribution is -2.25. The molecule has 1 unspecified atom stereocenters. The number of imidazole rings is 1. The number of rotatable bonds is 2. The van der Waals surface area contributed by atoms with Crippen molar-refractivity contribution in [2.45, 2.75) is 26.3 Å². The van der Waals surface area contributed by atoms with E-state index in [1.807, 2.05) is 23.6 Å². The average Bonchev–Trinajstić information content (AvgIpc) is 2.94. The summed E-state index contributed by atoms with van der Waals surface area (Å²) in [7, 11) is 0. The highest BCUT2D eigenvalue weighted by Crippen LogP contribution is 2.32. The Hall–Kier alpha value is -1.75. The molecule has 19 heavy (non-hydrogen) atoms. The summed E-state index contributed by atoms with van der Waals surface area (Å²) in [5.74, 6) is 0.992. The standard InChI is InChI=1S/C13H13ClN2O3/c1-7-2-3-10(19-7)12-15-11(14)9-6-8(13(17)18)4-5-16(9)12/h2-3,8H,4-6H2,1H3,(H,17,18). The molecular weight excluding hydrogens is 268 g/mol. The minimum Gasteiger partial charge on any atom is -0.481 e. The summed E-state index contributed by atoms with van der Waals surface area (Å²) in [5.41, 5.74) is 0.782. The zero-order valence-corrected chi connectivity index (χ0v) is 11.1. The van der Waals surface area contributed by atoms with Crippen LogP contribution in [0.15, 0.2) is 16.5 Å². The van der Waals surface area contributed by atoms with Crippen LogP contribution in [-0.4, -0.2) is 20.6 Å². The first-order valence-corrected chi connectivity index (χ1v) is 6.48. The number of aliphatic carboxylic acids is 1. The summed E-state index contributed by atoms with van der Waals surface area (Å²) in [6.07, 6.45) is 1.00. The monoisotopic (exact) mass is 280 g/mol. The van der Waals surface area contributed by atoms with E-state index in [1.165, 1.54) is 0 Å². The molecule has 1 atom stereocenters. The summed E-state index contributed by atoms with van der Waals surface area (Å²) in [4.78, 5) is 15.4. The molecule has 0 fully saturated rings. The molecule has 1 aliphatic rings. The van der Waals surface area contributed by atoms with Crippen LogP contribution >= 0.6 is 11.6 Å². The molecule has 0 bridgehead atoms. The molecule has 0 amide bonds. The van der Waals surface area contributed by atoms with Gasteiger partial charge in [0.2, 0.25) is 0 Å². The van der Waals surface area contributed by atoms with Crippen molar-refractivity contribution in [1.29, 1.82) is 0 Å². The zero-order valence-electron chi connectivity index (χ0n) is 10.4. The molecular formula is C13H13ClN2O3. The highest BCUT2D eigenvalue weighted by Gasteiger charge is 2.29. The maximum Gasteiger partial charge on any atom is 0.306 e. The molecule has 0 aromatic carbocycles. The van der Waals surface area contributed by atoms with Gasteiger partial charge in [0, 0.05) is 13.0 Å². The fourth-order valence-electron chi connectivity index (χ4n) is 2.47. The Balaban J connectivity index is 2.03. The lowest BCUT2D eigenvalue weighted by molar-refractivity contribution is -0.142. The number of aryl methyl sites for hydroxylation is 1. The van der Waals surface area contributed by atoms with E-state index >= 15 is 0 Å². The van der Waals surface area contributed by atoms with E-state index in [0.29, 0.717) is 36.1 Å². The smallest absolute Gasteiger partial charge is 0.306 e. The Morgan fingerprint density at radius 1 is 1.58 bits per heavy atom. The number of aromatic nitrogens is 2.